The zero-order valence-corrected chi connectivity index (χ0v) is 18.4. The second kappa shape index (κ2) is 6.52. The lowest BCUT2D eigenvalue weighted by Gasteiger charge is -2.15. The van der Waals surface area contributed by atoms with Gasteiger partial charge in [0.25, 0.3) is 0 Å². The number of para-hydroxylation sites is 1. The van der Waals surface area contributed by atoms with Crippen LogP contribution in [0.3, 0.4) is 0 Å². The van der Waals surface area contributed by atoms with Gasteiger partial charge in [0.2, 0.25) is 0 Å². The number of fused-ring (bicyclic) bond motifs is 8. The topological polar surface area (TPSA) is 12.9 Å². The number of benzene rings is 6. The van der Waals surface area contributed by atoms with E-state index in [2.05, 4.69) is 103 Å². The molecule has 34 heavy (non-hydrogen) atoms. The van der Waals surface area contributed by atoms with Crippen molar-refractivity contribution in [1.82, 2.24) is 4.98 Å². The predicted molar refractivity (Wildman–Crippen MR) is 144 cm³/mol. The molecule has 0 aliphatic heterocycles. The first-order valence-electron chi connectivity index (χ1n) is 11.7. The van der Waals surface area contributed by atoms with Crippen LogP contribution in [-0.4, -0.2) is 4.98 Å². The zero-order chi connectivity index (χ0) is 22.2. The van der Waals surface area contributed by atoms with E-state index in [-0.39, 0.29) is 0 Å². The van der Waals surface area contributed by atoms with Crippen molar-refractivity contribution in [3.05, 3.63) is 115 Å². The number of pyridine rings is 1. The van der Waals surface area contributed by atoms with Gasteiger partial charge in [-0.1, -0.05) is 91.0 Å². The Labute approximate surface area is 196 Å². The first-order chi connectivity index (χ1) is 16.9. The second-order valence-corrected chi connectivity index (χ2v) is 9.14. The van der Waals surface area contributed by atoms with Crippen LogP contribution < -0.4 is 0 Å². The Hall–Kier alpha value is -4.49. The highest BCUT2D eigenvalue weighted by atomic mass is 14.6. The molecule has 0 fully saturated rings. The first-order valence-corrected chi connectivity index (χ1v) is 11.7. The molecule has 6 aromatic carbocycles. The van der Waals surface area contributed by atoms with Gasteiger partial charge in [0.1, 0.15) is 0 Å². The summed E-state index contributed by atoms with van der Waals surface area (Å²) >= 11 is 0. The lowest BCUT2D eigenvalue weighted by atomic mass is 9.88. The summed E-state index contributed by atoms with van der Waals surface area (Å²) in [6, 6.07) is 39.8. The standard InChI is InChI=1S/C33H19N/c1-4-13-24-21(10-1)25-14-6-15-26-30-18-28(27-16-5-8-20-9-7-17-34-33(20)27)22-11-2-3-12-23(22)29(30)19-31(24)32(25)26/h1-19H. The van der Waals surface area contributed by atoms with Crippen molar-refractivity contribution in [2.24, 2.45) is 0 Å². The van der Waals surface area contributed by atoms with E-state index in [0.717, 1.165) is 5.52 Å². The van der Waals surface area contributed by atoms with E-state index >= 15 is 0 Å². The summed E-state index contributed by atoms with van der Waals surface area (Å²) in [6.07, 6.45) is 1.89. The smallest absolute Gasteiger partial charge is 0.0780 e. The Morgan fingerprint density at radius 3 is 1.91 bits per heavy atom. The van der Waals surface area contributed by atoms with Crippen LogP contribution in [0.5, 0.6) is 0 Å². The summed E-state index contributed by atoms with van der Waals surface area (Å²) in [4.78, 5) is 4.77. The Morgan fingerprint density at radius 2 is 1.00 bits per heavy atom. The van der Waals surface area contributed by atoms with Crippen LogP contribution in [-0.2, 0) is 0 Å². The third kappa shape index (κ3) is 2.26. The molecule has 1 heteroatoms. The highest BCUT2D eigenvalue weighted by Crippen LogP contribution is 2.50. The maximum atomic E-state index is 4.77. The van der Waals surface area contributed by atoms with Gasteiger partial charge < -0.3 is 0 Å². The van der Waals surface area contributed by atoms with Gasteiger partial charge in [-0.05, 0) is 78.3 Å². The SMILES string of the molecule is c1ccc2c(c1)-c1cccc3c1c-2cc1c2ccccc2c(-c2cccc4cccnc24)cc31. The number of rotatable bonds is 1. The van der Waals surface area contributed by atoms with E-state index in [1.165, 1.54) is 71.1 Å². The summed E-state index contributed by atoms with van der Waals surface area (Å²) in [5.41, 5.74) is 8.83. The van der Waals surface area contributed by atoms with Gasteiger partial charge in [-0.2, -0.15) is 0 Å². The van der Waals surface area contributed by atoms with E-state index < -0.39 is 0 Å². The molecule has 156 valence electrons. The van der Waals surface area contributed by atoms with Crippen molar-refractivity contribution in [3.8, 4) is 33.4 Å². The molecule has 8 rings (SSSR count). The summed E-state index contributed by atoms with van der Waals surface area (Å²) in [7, 11) is 0. The minimum atomic E-state index is 1.05. The molecule has 0 saturated carbocycles. The Kier molecular flexibility index (Phi) is 3.45. The molecular weight excluding hydrogens is 410 g/mol. The molecule has 0 spiro atoms. The fraction of sp³-hybridized carbons (Fsp3) is 0. The first kappa shape index (κ1) is 18.0. The highest BCUT2D eigenvalue weighted by molar-refractivity contribution is 6.29. The van der Waals surface area contributed by atoms with Crippen molar-refractivity contribution >= 4 is 43.2 Å². The maximum Gasteiger partial charge on any atom is 0.0780 e. The van der Waals surface area contributed by atoms with Crippen molar-refractivity contribution < 1.29 is 0 Å². The summed E-state index contributed by atoms with van der Waals surface area (Å²) in [5, 5.41) is 9.02. The fourth-order valence-corrected chi connectivity index (χ4v) is 5.99. The van der Waals surface area contributed by atoms with Gasteiger partial charge in [0.05, 0.1) is 5.52 Å². The van der Waals surface area contributed by atoms with Gasteiger partial charge >= 0.3 is 0 Å². The molecule has 0 amide bonds. The van der Waals surface area contributed by atoms with E-state index in [9.17, 15) is 0 Å². The van der Waals surface area contributed by atoms with E-state index in [4.69, 9.17) is 4.98 Å². The van der Waals surface area contributed by atoms with Crippen LogP contribution in [0.25, 0.3) is 76.6 Å². The number of hydrogen-bond donors (Lipinski definition) is 0. The van der Waals surface area contributed by atoms with E-state index in [0.29, 0.717) is 0 Å². The zero-order valence-electron chi connectivity index (χ0n) is 18.4. The summed E-state index contributed by atoms with van der Waals surface area (Å²) in [6.45, 7) is 0. The third-order valence-electron chi connectivity index (χ3n) is 7.43. The predicted octanol–water partition coefficient (Wildman–Crippen LogP) is 9.01. The molecule has 1 aliphatic rings. The van der Waals surface area contributed by atoms with Gasteiger partial charge in [0, 0.05) is 17.1 Å². The molecule has 0 bridgehead atoms. The number of hydrogen-bond acceptors (Lipinski definition) is 1. The normalized spacial score (nSPS) is 12.1. The fourth-order valence-electron chi connectivity index (χ4n) is 5.99. The van der Waals surface area contributed by atoms with Gasteiger partial charge in [0.15, 0.2) is 0 Å². The van der Waals surface area contributed by atoms with Crippen molar-refractivity contribution in [2.45, 2.75) is 0 Å². The lowest BCUT2D eigenvalue weighted by molar-refractivity contribution is 1.41. The van der Waals surface area contributed by atoms with Crippen molar-refractivity contribution in [3.63, 3.8) is 0 Å². The van der Waals surface area contributed by atoms with Crippen LogP contribution in [0.1, 0.15) is 0 Å². The third-order valence-corrected chi connectivity index (χ3v) is 7.43. The van der Waals surface area contributed by atoms with E-state index in [1.807, 2.05) is 12.3 Å². The molecule has 0 unspecified atom stereocenters. The Balaban J connectivity index is 1.59. The van der Waals surface area contributed by atoms with Crippen LogP contribution in [0.15, 0.2) is 115 Å². The molecule has 1 nitrogen and oxygen atoms in total. The van der Waals surface area contributed by atoms with Crippen molar-refractivity contribution in [2.75, 3.05) is 0 Å². The Bertz CT molecular complexity index is 1960. The summed E-state index contributed by atoms with van der Waals surface area (Å²) < 4.78 is 0. The van der Waals surface area contributed by atoms with Crippen LogP contribution in [0.2, 0.25) is 0 Å². The van der Waals surface area contributed by atoms with Crippen LogP contribution in [0.4, 0.5) is 0 Å². The lowest BCUT2D eigenvalue weighted by Crippen LogP contribution is -1.89. The number of aromatic nitrogens is 1. The largest absolute Gasteiger partial charge is 0.256 e. The van der Waals surface area contributed by atoms with Gasteiger partial charge in [-0.15, -0.1) is 0 Å². The second-order valence-electron chi connectivity index (χ2n) is 9.14. The highest BCUT2D eigenvalue weighted by Gasteiger charge is 2.23. The maximum absolute atomic E-state index is 4.77. The quantitative estimate of drug-likeness (QED) is 0.237. The molecule has 7 aromatic rings. The minimum absolute atomic E-state index is 1.05. The Morgan fingerprint density at radius 1 is 0.382 bits per heavy atom. The molecule has 1 heterocycles. The number of nitrogens with zero attached hydrogens (tertiary/aromatic N) is 1. The van der Waals surface area contributed by atoms with Crippen LogP contribution in [0, 0.1) is 0 Å². The summed E-state index contributed by atoms with van der Waals surface area (Å²) in [5.74, 6) is 0. The van der Waals surface area contributed by atoms with Gasteiger partial charge in [-0.3, -0.25) is 4.98 Å². The molecule has 0 radical (unpaired) electrons. The monoisotopic (exact) mass is 429 g/mol. The molecular formula is C33H19N. The van der Waals surface area contributed by atoms with E-state index in [1.54, 1.807) is 0 Å². The average Bonchev–Trinajstić information content (AvgIpc) is 3.23. The average molecular weight is 430 g/mol. The van der Waals surface area contributed by atoms with Crippen LogP contribution >= 0.6 is 0 Å². The molecule has 0 saturated heterocycles. The molecule has 0 atom stereocenters. The molecule has 1 aliphatic carbocycles. The molecule has 1 aromatic heterocycles. The van der Waals surface area contributed by atoms with Gasteiger partial charge in [-0.25, -0.2) is 0 Å². The van der Waals surface area contributed by atoms with Crippen molar-refractivity contribution in [1.29, 1.82) is 0 Å². The minimum Gasteiger partial charge on any atom is -0.256 e. The molecule has 0 N–H and O–H groups in total.